The molecule has 2 nitrogen and oxygen atoms in total. The molecule has 0 saturated carbocycles. The molecule has 2 heteroatoms. The Morgan fingerprint density at radius 1 is 0.944 bits per heavy atom. The Hall–Kier alpha value is -2.09. The van der Waals surface area contributed by atoms with Crippen molar-refractivity contribution in [3.8, 4) is 0 Å². The molecule has 1 amide bonds. The standard InChI is InChI=1S/C16H17NO/c1-2-17(15-11-7-4-8-12-15)16(18)13-14-9-5-3-6-10-14/h3-12H,2,13H2,1H3. The van der Waals surface area contributed by atoms with Crippen LogP contribution >= 0.6 is 0 Å². The first-order valence-corrected chi connectivity index (χ1v) is 6.20. The predicted octanol–water partition coefficient (Wildman–Crippen LogP) is 3.28. The van der Waals surface area contributed by atoms with Gasteiger partial charge in [0, 0.05) is 12.2 Å². The molecular formula is C16H17NO. The Morgan fingerprint density at radius 2 is 1.50 bits per heavy atom. The molecule has 0 radical (unpaired) electrons. The molecule has 0 aliphatic heterocycles. The van der Waals surface area contributed by atoms with Crippen molar-refractivity contribution in [3.63, 3.8) is 0 Å². The zero-order chi connectivity index (χ0) is 12.8. The van der Waals surface area contributed by atoms with Gasteiger partial charge in [-0.3, -0.25) is 4.79 Å². The molecule has 2 aromatic carbocycles. The highest BCUT2D eigenvalue weighted by Gasteiger charge is 2.13. The summed E-state index contributed by atoms with van der Waals surface area (Å²) in [7, 11) is 0. The molecule has 2 aromatic rings. The Balaban J connectivity index is 2.12. The van der Waals surface area contributed by atoms with Gasteiger partial charge in [-0.25, -0.2) is 0 Å². The van der Waals surface area contributed by atoms with E-state index < -0.39 is 0 Å². The summed E-state index contributed by atoms with van der Waals surface area (Å²) in [6.45, 7) is 2.69. The number of likely N-dealkylation sites (N-methyl/N-ethyl adjacent to an activating group) is 1. The fourth-order valence-electron chi connectivity index (χ4n) is 1.98. The van der Waals surface area contributed by atoms with Crippen molar-refractivity contribution in [3.05, 3.63) is 66.2 Å². The predicted molar refractivity (Wildman–Crippen MR) is 74.6 cm³/mol. The summed E-state index contributed by atoms with van der Waals surface area (Å²) in [5.41, 5.74) is 2.01. The third-order valence-corrected chi connectivity index (χ3v) is 2.88. The number of carbonyl (C=O) groups excluding carboxylic acids is 1. The maximum atomic E-state index is 12.3. The smallest absolute Gasteiger partial charge is 0.231 e. The van der Waals surface area contributed by atoms with E-state index in [2.05, 4.69) is 0 Å². The minimum absolute atomic E-state index is 0.134. The maximum Gasteiger partial charge on any atom is 0.231 e. The van der Waals surface area contributed by atoms with Crippen molar-refractivity contribution in [2.75, 3.05) is 11.4 Å². The Morgan fingerprint density at radius 3 is 2.06 bits per heavy atom. The number of rotatable bonds is 4. The second kappa shape index (κ2) is 6.01. The van der Waals surface area contributed by atoms with Crippen LogP contribution in [0.1, 0.15) is 12.5 Å². The number of carbonyl (C=O) groups is 1. The van der Waals surface area contributed by atoms with Crippen molar-refractivity contribution in [1.82, 2.24) is 0 Å². The van der Waals surface area contributed by atoms with Crippen molar-refractivity contribution in [2.24, 2.45) is 0 Å². The van der Waals surface area contributed by atoms with Gasteiger partial charge in [-0.05, 0) is 24.6 Å². The molecule has 0 spiro atoms. The zero-order valence-corrected chi connectivity index (χ0v) is 10.5. The van der Waals surface area contributed by atoms with Gasteiger partial charge in [-0.1, -0.05) is 48.5 Å². The number of hydrogen-bond donors (Lipinski definition) is 0. The van der Waals surface area contributed by atoms with Crippen LogP contribution in [0.3, 0.4) is 0 Å². The molecule has 0 aromatic heterocycles. The van der Waals surface area contributed by atoms with E-state index in [-0.39, 0.29) is 5.91 Å². The largest absolute Gasteiger partial charge is 0.312 e. The molecule has 0 aliphatic carbocycles. The van der Waals surface area contributed by atoms with E-state index in [4.69, 9.17) is 0 Å². The summed E-state index contributed by atoms with van der Waals surface area (Å²) in [4.78, 5) is 14.1. The van der Waals surface area contributed by atoms with E-state index in [0.717, 1.165) is 11.3 Å². The van der Waals surface area contributed by atoms with E-state index in [9.17, 15) is 4.79 Å². The summed E-state index contributed by atoms with van der Waals surface area (Å²) < 4.78 is 0. The first-order chi connectivity index (χ1) is 8.81. The lowest BCUT2D eigenvalue weighted by atomic mass is 10.1. The molecule has 0 atom stereocenters. The van der Waals surface area contributed by atoms with E-state index >= 15 is 0 Å². The van der Waals surface area contributed by atoms with E-state index in [0.29, 0.717) is 13.0 Å². The maximum absolute atomic E-state index is 12.3. The van der Waals surface area contributed by atoms with Gasteiger partial charge in [0.15, 0.2) is 0 Å². The molecule has 0 N–H and O–H groups in total. The Kier molecular flexibility index (Phi) is 4.13. The number of amides is 1. The van der Waals surface area contributed by atoms with Gasteiger partial charge in [0.1, 0.15) is 0 Å². The molecule has 0 heterocycles. The van der Waals surface area contributed by atoms with Crippen LogP contribution in [-0.2, 0) is 11.2 Å². The van der Waals surface area contributed by atoms with Crippen LogP contribution in [0, 0.1) is 0 Å². The second-order valence-electron chi connectivity index (χ2n) is 4.14. The minimum Gasteiger partial charge on any atom is -0.312 e. The van der Waals surface area contributed by atoms with Crippen molar-refractivity contribution in [2.45, 2.75) is 13.3 Å². The number of benzene rings is 2. The number of nitrogens with zero attached hydrogens (tertiary/aromatic N) is 1. The summed E-state index contributed by atoms with van der Waals surface area (Å²) in [5.74, 6) is 0.134. The highest BCUT2D eigenvalue weighted by molar-refractivity contribution is 5.94. The van der Waals surface area contributed by atoms with E-state index in [1.54, 1.807) is 0 Å². The molecule has 0 fully saturated rings. The third kappa shape index (κ3) is 2.98. The number of anilines is 1. The van der Waals surface area contributed by atoms with Crippen molar-refractivity contribution in [1.29, 1.82) is 0 Å². The van der Waals surface area contributed by atoms with Crippen LogP contribution in [0.2, 0.25) is 0 Å². The molecule has 0 bridgehead atoms. The van der Waals surface area contributed by atoms with Gasteiger partial charge >= 0.3 is 0 Å². The number of para-hydroxylation sites is 1. The van der Waals surface area contributed by atoms with Crippen LogP contribution in [0.15, 0.2) is 60.7 Å². The van der Waals surface area contributed by atoms with Crippen LogP contribution < -0.4 is 4.90 Å². The molecule has 0 aliphatic rings. The summed E-state index contributed by atoms with van der Waals surface area (Å²) in [6.07, 6.45) is 0.448. The minimum atomic E-state index is 0.134. The average molecular weight is 239 g/mol. The van der Waals surface area contributed by atoms with Crippen molar-refractivity contribution < 1.29 is 4.79 Å². The Bertz CT molecular complexity index is 493. The zero-order valence-electron chi connectivity index (χ0n) is 10.5. The molecule has 0 unspecified atom stereocenters. The van der Waals surface area contributed by atoms with Crippen molar-refractivity contribution >= 4 is 11.6 Å². The Labute approximate surface area is 108 Å². The van der Waals surface area contributed by atoms with E-state index in [1.807, 2.05) is 72.5 Å². The summed E-state index contributed by atoms with van der Waals surface area (Å²) >= 11 is 0. The molecule has 92 valence electrons. The summed E-state index contributed by atoms with van der Waals surface area (Å²) in [6, 6.07) is 19.6. The monoisotopic (exact) mass is 239 g/mol. The van der Waals surface area contributed by atoms with E-state index in [1.165, 1.54) is 0 Å². The topological polar surface area (TPSA) is 20.3 Å². The van der Waals surface area contributed by atoms with Gasteiger partial charge in [0.05, 0.1) is 6.42 Å². The lowest BCUT2D eigenvalue weighted by molar-refractivity contribution is -0.117. The van der Waals surface area contributed by atoms with Crippen LogP contribution in [0.4, 0.5) is 5.69 Å². The third-order valence-electron chi connectivity index (χ3n) is 2.88. The quantitative estimate of drug-likeness (QED) is 0.801. The average Bonchev–Trinajstić information content (AvgIpc) is 2.42. The first-order valence-electron chi connectivity index (χ1n) is 6.20. The number of hydrogen-bond acceptors (Lipinski definition) is 1. The summed E-state index contributed by atoms with van der Waals surface area (Å²) in [5, 5.41) is 0. The van der Waals surface area contributed by atoms with Gasteiger partial charge in [0.2, 0.25) is 5.91 Å². The lowest BCUT2D eigenvalue weighted by Gasteiger charge is -2.21. The SMILES string of the molecule is CCN(C(=O)Cc1ccccc1)c1ccccc1. The first kappa shape index (κ1) is 12.4. The second-order valence-corrected chi connectivity index (χ2v) is 4.14. The van der Waals surface area contributed by atoms with Gasteiger partial charge in [-0.15, -0.1) is 0 Å². The van der Waals surface area contributed by atoms with Crippen LogP contribution in [0.25, 0.3) is 0 Å². The molecule has 2 rings (SSSR count). The fraction of sp³-hybridized carbons (Fsp3) is 0.188. The molecular weight excluding hydrogens is 222 g/mol. The van der Waals surface area contributed by atoms with Crippen LogP contribution in [-0.4, -0.2) is 12.5 Å². The highest BCUT2D eigenvalue weighted by atomic mass is 16.2. The molecule has 0 saturated heterocycles. The van der Waals surface area contributed by atoms with Gasteiger partial charge < -0.3 is 4.90 Å². The van der Waals surface area contributed by atoms with Gasteiger partial charge in [0.25, 0.3) is 0 Å². The van der Waals surface area contributed by atoms with Crippen LogP contribution in [0.5, 0.6) is 0 Å². The lowest BCUT2D eigenvalue weighted by Crippen LogP contribution is -2.31. The fourth-order valence-corrected chi connectivity index (χ4v) is 1.98. The highest BCUT2D eigenvalue weighted by Crippen LogP contribution is 2.14. The van der Waals surface area contributed by atoms with Gasteiger partial charge in [-0.2, -0.15) is 0 Å². The molecule has 18 heavy (non-hydrogen) atoms. The normalized spacial score (nSPS) is 10.1.